The average Bonchev–Trinajstić information content (AvgIpc) is 3.22. The molecule has 0 saturated carbocycles. The minimum atomic E-state index is -0.526. The molecular weight excluding hydrogens is 475 g/mol. The highest BCUT2D eigenvalue weighted by Gasteiger charge is 2.53. The number of piperidine rings is 2. The topological polar surface area (TPSA) is 39.1 Å². The van der Waals surface area contributed by atoms with E-state index in [-0.39, 0.29) is 11.8 Å². The van der Waals surface area contributed by atoms with Gasteiger partial charge in [0.2, 0.25) is 0 Å². The summed E-state index contributed by atoms with van der Waals surface area (Å²) in [6, 6.07) is 23.5. The highest BCUT2D eigenvalue weighted by molar-refractivity contribution is 6.16. The Hall–Kier alpha value is -3.51. The number of likely N-dealkylation sites (tertiary alicyclic amines) is 2. The molecule has 0 radical (unpaired) electrons. The molecule has 2 fully saturated rings. The van der Waals surface area contributed by atoms with E-state index in [0.717, 1.165) is 64.2 Å². The number of amides is 2. The first-order valence-electron chi connectivity index (χ1n) is 13.8. The summed E-state index contributed by atoms with van der Waals surface area (Å²) in [6.07, 6.45) is 5.01. The van der Waals surface area contributed by atoms with E-state index in [9.17, 15) is 9.18 Å². The molecule has 3 aliphatic rings. The van der Waals surface area contributed by atoms with Crippen LogP contribution < -0.4 is 4.90 Å². The fourth-order valence-corrected chi connectivity index (χ4v) is 6.49. The molecule has 3 aromatic rings. The molecule has 38 heavy (non-hydrogen) atoms. The van der Waals surface area contributed by atoms with E-state index in [1.165, 1.54) is 40.8 Å². The molecular formula is C32H35FN4O. The average molecular weight is 511 g/mol. The summed E-state index contributed by atoms with van der Waals surface area (Å²) < 4.78 is 14.2. The summed E-state index contributed by atoms with van der Waals surface area (Å²) in [5, 5.41) is 0. The first-order valence-corrected chi connectivity index (χ1v) is 13.8. The zero-order valence-corrected chi connectivity index (χ0v) is 22.1. The molecule has 0 unspecified atom stereocenters. The van der Waals surface area contributed by atoms with E-state index in [1.807, 2.05) is 6.07 Å². The van der Waals surface area contributed by atoms with E-state index in [4.69, 9.17) is 0 Å². The molecule has 2 saturated heterocycles. The van der Waals surface area contributed by atoms with Crippen LogP contribution in [0.15, 0.2) is 77.8 Å². The second-order valence-corrected chi connectivity index (χ2v) is 10.9. The maximum absolute atomic E-state index is 14.2. The number of carbonyl (C=O) groups is 1. The van der Waals surface area contributed by atoms with E-state index < -0.39 is 5.54 Å². The summed E-state index contributed by atoms with van der Waals surface area (Å²) in [5.74, 6) is 0.565. The fourth-order valence-electron chi connectivity index (χ4n) is 6.49. The van der Waals surface area contributed by atoms with Gasteiger partial charge in [-0.3, -0.25) is 9.80 Å². The second kappa shape index (κ2) is 10.3. The molecule has 0 atom stereocenters. The molecule has 0 aromatic heterocycles. The van der Waals surface area contributed by atoms with Crippen molar-refractivity contribution < 1.29 is 9.18 Å². The lowest BCUT2D eigenvalue weighted by Gasteiger charge is -2.47. The Balaban J connectivity index is 1.24. The van der Waals surface area contributed by atoms with Gasteiger partial charge in [-0.25, -0.2) is 9.18 Å². The molecule has 3 aromatic carbocycles. The van der Waals surface area contributed by atoms with Crippen LogP contribution in [0.4, 0.5) is 14.9 Å². The van der Waals surface area contributed by atoms with Gasteiger partial charge < -0.3 is 4.90 Å². The van der Waals surface area contributed by atoms with E-state index in [0.29, 0.717) is 5.69 Å². The number of rotatable bonds is 4. The third-order valence-corrected chi connectivity index (χ3v) is 8.43. The summed E-state index contributed by atoms with van der Waals surface area (Å²) in [4.78, 5) is 24.6. The van der Waals surface area contributed by atoms with Crippen molar-refractivity contribution in [3.05, 3.63) is 89.7 Å². The van der Waals surface area contributed by atoms with Crippen LogP contribution in [0.1, 0.15) is 43.2 Å². The molecule has 196 valence electrons. The van der Waals surface area contributed by atoms with Gasteiger partial charge in [0.15, 0.2) is 0 Å². The van der Waals surface area contributed by atoms with Crippen molar-refractivity contribution in [2.45, 2.75) is 51.1 Å². The van der Waals surface area contributed by atoms with Crippen molar-refractivity contribution in [3.8, 4) is 11.1 Å². The third-order valence-electron chi connectivity index (χ3n) is 8.43. The first-order chi connectivity index (χ1) is 18.5. The van der Waals surface area contributed by atoms with Crippen LogP contribution in [0, 0.1) is 12.7 Å². The normalized spacial score (nSPS) is 19.7. The molecule has 5 nitrogen and oxygen atoms in total. The molecule has 6 heteroatoms. The number of nitrogens with zero attached hydrogens (tertiary/aromatic N) is 4. The van der Waals surface area contributed by atoms with Gasteiger partial charge in [-0.15, -0.1) is 0 Å². The summed E-state index contributed by atoms with van der Waals surface area (Å²) in [6.45, 7) is 6.57. The molecule has 0 aliphatic carbocycles. The monoisotopic (exact) mass is 510 g/mol. The lowest BCUT2D eigenvalue weighted by atomic mass is 9.83. The summed E-state index contributed by atoms with van der Waals surface area (Å²) >= 11 is 0. The van der Waals surface area contributed by atoms with E-state index in [1.54, 1.807) is 11.0 Å². The summed E-state index contributed by atoms with van der Waals surface area (Å²) in [7, 11) is 0. The number of hydrogen-bond donors (Lipinski definition) is 0. The Morgan fingerprint density at radius 1 is 0.868 bits per heavy atom. The number of hydrogen-bond acceptors (Lipinski definition) is 3. The Labute approximate surface area is 224 Å². The predicted molar refractivity (Wildman–Crippen MR) is 151 cm³/mol. The number of halogens is 1. The van der Waals surface area contributed by atoms with Gasteiger partial charge in [0.1, 0.15) is 17.2 Å². The number of carbonyl (C=O) groups excluding carboxylic acids is 1. The van der Waals surface area contributed by atoms with Gasteiger partial charge >= 0.3 is 6.03 Å². The van der Waals surface area contributed by atoms with Crippen LogP contribution in [-0.4, -0.2) is 53.4 Å². The highest BCUT2D eigenvalue weighted by Crippen LogP contribution is 2.41. The molecule has 1 spiro atoms. The van der Waals surface area contributed by atoms with Crippen LogP contribution in [-0.2, 0) is 6.54 Å². The maximum Gasteiger partial charge on any atom is 0.350 e. The third kappa shape index (κ3) is 4.62. The van der Waals surface area contributed by atoms with Gasteiger partial charge in [-0.05, 0) is 85.5 Å². The van der Waals surface area contributed by atoms with Crippen molar-refractivity contribution in [2.24, 2.45) is 4.99 Å². The molecule has 3 aliphatic heterocycles. The largest absolute Gasteiger partial charge is 0.358 e. The van der Waals surface area contributed by atoms with Gasteiger partial charge in [0.25, 0.3) is 0 Å². The number of urea groups is 1. The minimum absolute atomic E-state index is 0.268. The van der Waals surface area contributed by atoms with Crippen LogP contribution in [0.3, 0.4) is 0 Å². The van der Waals surface area contributed by atoms with Crippen LogP contribution >= 0.6 is 0 Å². The number of aryl methyl sites for hydroxylation is 1. The quantitative estimate of drug-likeness (QED) is 0.394. The molecule has 2 amide bonds. The molecule has 0 N–H and O–H groups in total. The van der Waals surface area contributed by atoms with Gasteiger partial charge in [0.05, 0.1) is 0 Å². The number of benzene rings is 3. The van der Waals surface area contributed by atoms with Gasteiger partial charge in [0, 0.05) is 38.4 Å². The van der Waals surface area contributed by atoms with Crippen molar-refractivity contribution in [1.82, 2.24) is 9.80 Å². The van der Waals surface area contributed by atoms with E-state index >= 15 is 0 Å². The molecule has 3 heterocycles. The number of amidine groups is 1. The Morgan fingerprint density at radius 3 is 2.39 bits per heavy atom. The van der Waals surface area contributed by atoms with Crippen LogP contribution in [0.2, 0.25) is 0 Å². The molecule has 0 bridgehead atoms. The van der Waals surface area contributed by atoms with E-state index in [2.05, 4.69) is 70.2 Å². The lowest BCUT2D eigenvalue weighted by molar-refractivity contribution is 0.175. The van der Waals surface area contributed by atoms with Gasteiger partial charge in [-0.1, -0.05) is 48.5 Å². The standard InChI is InChI=1S/C32H35FN4O/c1-24-9-3-4-14-29(24)26-11-7-10-25(21-26)23-35-19-15-32(16-20-35)30(36-17-5-2-6-18-36)34-31(38)37(32)28-13-8-12-27(33)22-28/h3-4,7-14,21-22H,2,5-6,15-20,23H2,1H3. The Kier molecular flexibility index (Phi) is 6.75. The molecule has 6 rings (SSSR count). The maximum atomic E-state index is 14.2. The van der Waals surface area contributed by atoms with Gasteiger partial charge in [-0.2, -0.15) is 4.99 Å². The zero-order valence-electron chi connectivity index (χ0n) is 22.1. The Bertz CT molecular complexity index is 1350. The van der Waals surface area contributed by atoms with Crippen LogP contribution in [0.25, 0.3) is 11.1 Å². The van der Waals surface area contributed by atoms with Crippen molar-refractivity contribution in [2.75, 3.05) is 31.1 Å². The van der Waals surface area contributed by atoms with Crippen molar-refractivity contribution >= 4 is 17.6 Å². The highest BCUT2D eigenvalue weighted by atomic mass is 19.1. The van der Waals surface area contributed by atoms with Crippen LogP contribution in [0.5, 0.6) is 0 Å². The smallest absolute Gasteiger partial charge is 0.350 e. The fraction of sp³-hybridized carbons (Fsp3) is 0.375. The first kappa shape index (κ1) is 24.8. The second-order valence-electron chi connectivity index (χ2n) is 10.9. The number of anilines is 1. The number of aliphatic imine (C=N–C) groups is 1. The zero-order chi connectivity index (χ0) is 26.1. The van der Waals surface area contributed by atoms with Crippen molar-refractivity contribution in [3.63, 3.8) is 0 Å². The minimum Gasteiger partial charge on any atom is -0.358 e. The summed E-state index contributed by atoms with van der Waals surface area (Å²) in [5.41, 5.74) is 5.15. The van der Waals surface area contributed by atoms with Crippen molar-refractivity contribution in [1.29, 1.82) is 0 Å². The Morgan fingerprint density at radius 2 is 1.63 bits per heavy atom. The predicted octanol–water partition coefficient (Wildman–Crippen LogP) is 6.66. The lowest BCUT2D eigenvalue weighted by Crippen LogP contribution is -2.62. The SMILES string of the molecule is Cc1ccccc1-c1cccc(CN2CCC3(CC2)C(N2CCCCC2)=NC(=O)N3c2cccc(F)c2)c1.